The monoisotopic (exact) mass is 397 g/mol. The number of benzene rings is 1. The van der Waals surface area contributed by atoms with Gasteiger partial charge in [0.1, 0.15) is 5.75 Å². The van der Waals surface area contributed by atoms with Crippen molar-refractivity contribution in [2.24, 2.45) is 5.92 Å². The van der Waals surface area contributed by atoms with Crippen LogP contribution in [0.4, 0.5) is 0 Å². The summed E-state index contributed by atoms with van der Waals surface area (Å²) in [6, 6.07) is 4.89. The smallest absolute Gasteiger partial charge is 0.243 e. The van der Waals surface area contributed by atoms with E-state index < -0.39 is 10.0 Å². The molecule has 27 heavy (non-hydrogen) atoms. The molecule has 152 valence electrons. The normalized spacial score (nSPS) is 16.5. The highest BCUT2D eigenvalue weighted by atomic mass is 32.2. The standard InChI is InChI=1S/C19H31N3O4S/c1-15-14-17(6-7-18(15)26-4)27(24,25)22-12-8-16(9-13-22)19(23)20-10-5-11-21(2)3/h6-7,14,16H,5,8-13H2,1-4H3,(H,20,23). The molecule has 1 fully saturated rings. The van der Waals surface area contributed by atoms with E-state index in [4.69, 9.17) is 4.74 Å². The lowest BCUT2D eigenvalue weighted by Crippen LogP contribution is -2.43. The topological polar surface area (TPSA) is 79.0 Å². The van der Waals surface area contributed by atoms with Crippen molar-refractivity contribution in [2.75, 3.05) is 47.4 Å². The predicted octanol–water partition coefficient (Wildman–Crippen LogP) is 1.47. The number of hydrogen-bond acceptors (Lipinski definition) is 5. The Hall–Kier alpha value is -1.64. The van der Waals surface area contributed by atoms with Gasteiger partial charge in [-0.15, -0.1) is 0 Å². The van der Waals surface area contributed by atoms with Gasteiger partial charge >= 0.3 is 0 Å². The third kappa shape index (κ3) is 5.67. The van der Waals surface area contributed by atoms with Crippen molar-refractivity contribution in [2.45, 2.75) is 31.1 Å². The van der Waals surface area contributed by atoms with E-state index in [0.29, 0.717) is 38.2 Å². The average molecular weight is 398 g/mol. The molecular weight excluding hydrogens is 366 g/mol. The largest absolute Gasteiger partial charge is 0.496 e. The lowest BCUT2D eigenvalue weighted by atomic mass is 9.97. The maximum atomic E-state index is 12.9. The Labute approximate surface area is 162 Å². The molecule has 1 aromatic rings. The number of hydrogen-bond donors (Lipinski definition) is 1. The number of carbonyl (C=O) groups excluding carboxylic acids is 1. The van der Waals surface area contributed by atoms with Gasteiger partial charge in [0.25, 0.3) is 0 Å². The second-order valence-electron chi connectivity index (χ2n) is 7.26. The van der Waals surface area contributed by atoms with E-state index in [1.807, 2.05) is 21.0 Å². The van der Waals surface area contributed by atoms with E-state index in [1.165, 1.54) is 4.31 Å². The zero-order valence-electron chi connectivity index (χ0n) is 16.7. The molecule has 0 atom stereocenters. The fraction of sp³-hybridized carbons (Fsp3) is 0.632. The summed E-state index contributed by atoms with van der Waals surface area (Å²) in [7, 11) is 2.02. The Bertz CT molecular complexity index is 741. The van der Waals surface area contributed by atoms with Crippen LogP contribution in [0.5, 0.6) is 5.75 Å². The van der Waals surface area contributed by atoms with Crippen LogP contribution < -0.4 is 10.1 Å². The number of carbonyl (C=O) groups is 1. The number of amides is 1. The number of methoxy groups -OCH3 is 1. The first-order valence-corrected chi connectivity index (χ1v) is 10.8. The Morgan fingerprint density at radius 1 is 1.30 bits per heavy atom. The molecule has 1 aromatic carbocycles. The van der Waals surface area contributed by atoms with E-state index >= 15 is 0 Å². The van der Waals surface area contributed by atoms with Gasteiger partial charge in [-0.2, -0.15) is 4.31 Å². The van der Waals surface area contributed by atoms with Crippen LogP contribution in [0.2, 0.25) is 0 Å². The molecule has 0 bridgehead atoms. The summed E-state index contributed by atoms with van der Waals surface area (Å²) in [6.45, 7) is 4.13. The molecule has 1 aliphatic heterocycles. The summed E-state index contributed by atoms with van der Waals surface area (Å²) < 4.78 is 32.4. The van der Waals surface area contributed by atoms with Gasteiger partial charge in [0, 0.05) is 25.6 Å². The number of nitrogens with one attached hydrogen (secondary N) is 1. The maximum Gasteiger partial charge on any atom is 0.243 e. The van der Waals surface area contributed by atoms with E-state index in [1.54, 1.807) is 25.3 Å². The van der Waals surface area contributed by atoms with Crippen LogP contribution in [-0.4, -0.2) is 70.9 Å². The summed E-state index contributed by atoms with van der Waals surface area (Å²) >= 11 is 0. The molecule has 7 nitrogen and oxygen atoms in total. The number of piperidine rings is 1. The Balaban J connectivity index is 1.90. The molecule has 1 N–H and O–H groups in total. The van der Waals surface area contributed by atoms with Gasteiger partial charge in [-0.25, -0.2) is 8.42 Å². The maximum absolute atomic E-state index is 12.9. The molecule has 1 amide bonds. The summed E-state index contributed by atoms with van der Waals surface area (Å²) in [5.74, 6) is 0.582. The molecule has 0 aliphatic carbocycles. The summed E-state index contributed by atoms with van der Waals surface area (Å²) in [5, 5.41) is 2.97. The zero-order chi connectivity index (χ0) is 20.0. The molecule has 1 saturated heterocycles. The van der Waals surface area contributed by atoms with Crippen LogP contribution in [0.3, 0.4) is 0 Å². The van der Waals surface area contributed by atoms with Crippen molar-refractivity contribution in [1.29, 1.82) is 0 Å². The van der Waals surface area contributed by atoms with Gasteiger partial charge in [-0.3, -0.25) is 4.79 Å². The molecule has 2 rings (SSSR count). The predicted molar refractivity (Wildman–Crippen MR) is 105 cm³/mol. The SMILES string of the molecule is COc1ccc(S(=O)(=O)N2CCC(C(=O)NCCCN(C)C)CC2)cc1C. The number of aryl methyl sites for hydroxylation is 1. The van der Waals surface area contributed by atoms with Crippen molar-refractivity contribution in [3.63, 3.8) is 0 Å². The highest BCUT2D eigenvalue weighted by molar-refractivity contribution is 7.89. The van der Waals surface area contributed by atoms with Gasteiger partial charge in [0.05, 0.1) is 12.0 Å². The Kier molecular flexibility index (Phi) is 7.64. The lowest BCUT2D eigenvalue weighted by Gasteiger charge is -2.30. The van der Waals surface area contributed by atoms with Crippen LogP contribution in [-0.2, 0) is 14.8 Å². The van der Waals surface area contributed by atoms with Gasteiger partial charge in [-0.05, 0) is 70.6 Å². The number of ether oxygens (including phenoxy) is 1. The summed E-state index contributed by atoms with van der Waals surface area (Å²) in [4.78, 5) is 14.6. The minimum absolute atomic E-state index is 0.0334. The van der Waals surface area contributed by atoms with Crippen LogP contribution in [0.15, 0.2) is 23.1 Å². The Morgan fingerprint density at radius 3 is 2.52 bits per heavy atom. The van der Waals surface area contributed by atoms with Crippen LogP contribution in [0.1, 0.15) is 24.8 Å². The fourth-order valence-corrected chi connectivity index (χ4v) is 4.83. The van der Waals surface area contributed by atoms with Crippen LogP contribution in [0.25, 0.3) is 0 Å². The van der Waals surface area contributed by atoms with Crippen LogP contribution >= 0.6 is 0 Å². The number of sulfonamides is 1. The lowest BCUT2D eigenvalue weighted by molar-refractivity contribution is -0.126. The molecule has 0 radical (unpaired) electrons. The van der Waals surface area contributed by atoms with Crippen molar-refractivity contribution in [3.8, 4) is 5.75 Å². The quantitative estimate of drug-likeness (QED) is 0.672. The minimum Gasteiger partial charge on any atom is -0.496 e. The molecule has 0 unspecified atom stereocenters. The fourth-order valence-electron chi connectivity index (χ4n) is 3.27. The van der Waals surface area contributed by atoms with Gasteiger partial charge in [-0.1, -0.05) is 0 Å². The van der Waals surface area contributed by atoms with E-state index in [0.717, 1.165) is 18.5 Å². The van der Waals surface area contributed by atoms with E-state index in [2.05, 4.69) is 10.2 Å². The second kappa shape index (κ2) is 9.52. The van der Waals surface area contributed by atoms with Crippen molar-refractivity contribution in [1.82, 2.24) is 14.5 Å². The second-order valence-corrected chi connectivity index (χ2v) is 9.20. The van der Waals surface area contributed by atoms with E-state index in [-0.39, 0.29) is 16.7 Å². The number of rotatable bonds is 8. The number of nitrogens with zero attached hydrogens (tertiary/aromatic N) is 2. The van der Waals surface area contributed by atoms with Crippen molar-refractivity contribution < 1.29 is 17.9 Å². The average Bonchev–Trinajstić information content (AvgIpc) is 2.65. The van der Waals surface area contributed by atoms with Gasteiger partial charge in [0.15, 0.2) is 0 Å². The highest BCUT2D eigenvalue weighted by Crippen LogP contribution is 2.27. The zero-order valence-corrected chi connectivity index (χ0v) is 17.5. The molecule has 0 spiro atoms. The third-order valence-corrected chi connectivity index (χ3v) is 6.80. The molecular formula is C19H31N3O4S. The van der Waals surface area contributed by atoms with E-state index in [9.17, 15) is 13.2 Å². The van der Waals surface area contributed by atoms with Gasteiger partial charge in [0.2, 0.25) is 15.9 Å². The third-order valence-electron chi connectivity index (χ3n) is 4.91. The molecule has 0 saturated carbocycles. The minimum atomic E-state index is -3.55. The molecule has 1 heterocycles. The molecule has 0 aromatic heterocycles. The van der Waals surface area contributed by atoms with Crippen molar-refractivity contribution >= 4 is 15.9 Å². The first kappa shape index (κ1) is 21.7. The highest BCUT2D eigenvalue weighted by Gasteiger charge is 2.32. The van der Waals surface area contributed by atoms with Crippen molar-refractivity contribution in [3.05, 3.63) is 23.8 Å². The van der Waals surface area contributed by atoms with Gasteiger partial charge < -0.3 is 15.0 Å². The molecule has 1 aliphatic rings. The Morgan fingerprint density at radius 2 is 1.96 bits per heavy atom. The van der Waals surface area contributed by atoms with Crippen LogP contribution in [0, 0.1) is 12.8 Å². The first-order valence-electron chi connectivity index (χ1n) is 9.33. The molecule has 8 heteroatoms. The summed E-state index contributed by atoms with van der Waals surface area (Å²) in [5.41, 5.74) is 0.783. The first-order chi connectivity index (χ1) is 12.8. The summed E-state index contributed by atoms with van der Waals surface area (Å²) in [6.07, 6.45) is 2.00.